The third-order valence-corrected chi connectivity index (χ3v) is 3.03. The Labute approximate surface area is 117 Å². The third-order valence-electron chi connectivity index (χ3n) is 3.03. The number of methoxy groups -OCH3 is 1. The molecule has 0 aliphatic rings. The summed E-state index contributed by atoms with van der Waals surface area (Å²) in [4.78, 5) is 27.8. The first-order valence-corrected chi connectivity index (χ1v) is 6.40. The maximum atomic E-state index is 12.1. The van der Waals surface area contributed by atoms with Crippen molar-refractivity contribution in [2.75, 3.05) is 7.11 Å². The number of carbonyl (C=O) groups is 2. The summed E-state index contributed by atoms with van der Waals surface area (Å²) in [5, 5.41) is 3.58. The van der Waals surface area contributed by atoms with Gasteiger partial charge in [-0.25, -0.2) is 9.78 Å². The topological polar surface area (TPSA) is 68.3 Å². The van der Waals surface area contributed by atoms with Crippen molar-refractivity contribution in [2.24, 2.45) is 0 Å². The number of nitrogens with zero attached hydrogens (tertiary/aromatic N) is 1. The van der Waals surface area contributed by atoms with E-state index in [-0.39, 0.29) is 11.6 Å². The Balaban J connectivity index is 2.20. The minimum absolute atomic E-state index is 0.283. The van der Waals surface area contributed by atoms with E-state index in [1.807, 2.05) is 30.3 Å². The van der Waals surface area contributed by atoms with E-state index in [0.29, 0.717) is 6.42 Å². The molecule has 2 aromatic rings. The van der Waals surface area contributed by atoms with E-state index >= 15 is 0 Å². The number of esters is 1. The van der Waals surface area contributed by atoms with E-state index in [1.165, 1.54) is 7.11 Å². The number of carbonyl (C=O) groups excluding carboxylic acids is 2. The molecule has 2 rings (SSSR count). The Morgan fingerprint density at radius 3 is 2.70 bits per heavy atom. The average Bonchev–Trinajstić information content (AvgIpc) is 2.51. The molecule has 1 amide bonds. The Bertz CT molecular complexity index is 640. The van der Waals surface area contributed by atoms with Crippen LogP contribution in [0.3, 0.4) is 0 Å². The fraction of sp³-hybridized carbons (Fsp3) is 0.267. The van der Waals surface area contributed by atoms with Crippen LogP contribution in [0.25, 0.3) is 10.9 Å². The van der Waals surface area contributed by atoms with Gasteiger partial charge in [-0.15, -0.1) is 0 Å². The number of para-hydroxylation sites is 1. The van der Waals surface area contributed by atoms with Crippen LogP contribution in [-0.4, -0.2) is 30.0 Å². The first kappa shape index (κ1) is 14.0. The van der Waals surface area contributed by atoms with Gasteiger partial charge in [0.1, 0.15) is 11.7 Å². The molecule has 0 aliphatic heterocycles. The summed E-state index contributed by atoms with van der Waals surface area (Å²) in [6.45, 7) is 1.80. The number of benzene rings is 1. The number of amides is 1. The molecular weight excluding hydrogens is 256 g/mol. The van der Waals surface area contributed by atoms with Gasteiger partial charge in [0.05, 0.1) is 12.6 Å². The third kappa shape index (κ3) is 2.93. The molecule has 1 atom stereocenters. The van der Waals surface area contributed by atoms with Crippen molar-refractivity contribution >= 4 is 22.8 Å². The van der Waals surface area contributed by atoms with Crippen LogP contribution in [0.4, 0.5) is 0 Å². The molecule has 0 unspecified atom stereocenters. The van der Waals surface area contributed by atoms with Crippen LogP contribution in [-0.2, 0) is 9.53 Å². The van der Waals surface area contributed by atoms with Gasteiger partial charge in [0.15, 0.2) is 0 Å². The van der Waals surface area contributed by atoms with Crippen LogP contribution in [0.15, 0.2) is 36.4 Å². The highest BCUT2D eigenvalue weighted by Crippen LogP contribution is 2.12. The zero-order chi connectivity index (χ0) is 14.5. The molecular formula is C15H16N2O3. The Kier molecular flexibility index (Phi) is 4.30. The van der Waals surface area contributed by atoms with Crippen LogP contribution >= 0.6 is 0 Å². The quantitative estimate of drug-likeness (QED) is 0.863. The van der Waals surface area contributed by atoms with Crippen LogP contribution in [0, 0.1) is 0 Å². The predicted molar refractivity (Wildman–Crippen MR) is 75.3 cm³/mol. The number of ether oxygens (including phenoxy) is 1. The van der Waals surface area contributed by atoms with Gasteiger partial charge in [0.25, 0.3) is 5.91 Å². The SMILES string of the molecule is CC[C@H](NC(=O)c1ccc2ccccc2n1)C(=O)OC. The predicted octanol–water partition coefficient (Wildman–Crippen LogP) is 1.92. The minimum Gasteiger partial charge on any atom is -0.467 e. The van der Waals surface area contributed by atoms with Crippen molar-refractivity contribution < 1.29 is 14.3 Å². The first-order valence-electron chi connectivity index (χ1n) is 6.40. The number of aromatic nitrogens is 1. The number of hydrogen-bond donors (Lipinski definition) is 1. The van der Waals surface area contributed by atoms with Crippen LogP contribution in [0.2, 0.25) is 0 Å². The molecule has 104 valence electrons. The van der Waals surface area contributed by atoms with Crippen molar-refractivity contribution in [3.8, 4) is 0 Å². The van der Waals surface area contributed by atoms with Gasteiger partial charge >= 0.3 is 5.97 Å². The van der Waals surface area contributed by atoms with Gasteiger partial charge in [-0.3, -0.25) is 4.79 Å². The highest BCUT2D eigenvalue weighted by Gasteiger charge is 2.20. The van der Waals surface area contributed by atoms with E-state index in [9.17, 15) is 9.59 Å². The van der Waals surface area contributed by atoms with Crippen molar-refractivity contribution in [3.63, 3.8) is 0 Å². The molecule has 5 nitrogen and oxygen atoms in total. The number of fused-ring (bicyclic) bond motifs is 1. The summed E-state index contributed by atoms with van der Waals surface area (Å²) in [6.07, 6.45) is 0.464. The van der Waals surface area contributed by atoms with E-state index in [1.54, 1.807) is 13.0 Å². The maximum Gasteiger partial charge on any atom is 0.328 e. The van der Waals surface area contributed by atoms with E-state index in [0.717, 1.165) is 10.9 Å². The maximum absolute atomic E-state index is 12.1. The van der Waals surface area contributed by atoms with E-state index in [2.05, 4.69) is 15.0 Å². The second-order valence-electron chi connectivity index (χ2n) is 4.35. The van der Waals surface area contributed by atoms with Crippen molar-refractivity contribution in [1.29, 1.82) is 0 Å². The van der Waals surface area contributed by atoms with Crippen LogP contribution in [0.1, 0.15) is 23.8 Å². The number of pyridine rings is 1. The Morgan fingerprint density at radius 2 is 2.00 bits per heavy atom. The fourth-order valence-electron chi connectivity index (χ4n) is 1.89. The first-order chi connectivity index (χ1) is 9.65. The van der Waals surface area contributed by atoms with Crippen molar-refractivity contribution in [2.45, 2.75) is 19.4 Å². The summed E-state index contributed by atoms with van der Waals surface area (Å²) in [5.41, 5.74) is 1.03. The fourth-order valence-corrected chi connectivity index (χ4v) is 1.89. The average molecular weight is 272 g/mol. The molecule has 0 saturated heterocycles. The normalized spacial score (nSPS) is 11.9. The minimum atomic E-state index is -0.652. The van der Waals surface area contributed by atoms with Gasteiger partial charge in [0.2, 0.25) is 0 Å². The van der Waals surface area contributed by atoms with Crippen molar-refractivity contribution in [3.05, 3.63) is 42.1 Å². The van der Waals surface area contributed by atoms with E-state index in [4.69, 9.17) is 0 Å². The zero-order valence-electron chi connectivity index (χ0n) is 11.4. The molecule has 1 N–H and O–H groups in total. The number of hydrogen-bond acceptors (Lipinski definition) is 4. The molecule has 0 saturated carbocycles. The zero-order valence-corrected chi connectivity index (χ0v) is 11.4. The smallest absolute Gasteiger partial charge is 0.328 e. The monoisotopic (exact) mass is 272 g/mol. The molecule has 0 aliphatic carbocycles. The molecule has 1 aromatic heterocycles. The van der Waals surface area contributed by atoms with Crippen LogP contribution < -0.4 is 5.32 Å². The molecule has 0 fully saturated rings. The van der Waals surface area contributed by atoms with Crippen molar-refractivity contribution in [1.82, 2.24) is 10.3 Å². The molecule has 20 heavy (non-hydrogen) atoms. The summed E-state index contributed by atoms with van der Waals surface area (Å²) < 4.78 is 4.64. The summed E-state index contributed by atoms with van der Waals surface area (Å²) >= 11 is 0. The van der Waals surface area contributed by atoms with E-state index < -0.39 is 12.0 Å². The lowest BCUT2D eigenvalue weighted by Gasteiger charge is -2.14. The molecule has 0 radical (unpaired) electrons. The molecule has 1 heterocycles. The molecule has 0 bridgehead atoms. The van der Waals surface area contributed by atoms with Gasteiger partial charge < -0.3 is 10.1 Å². The second kappa shape index (κ2) is 6.14. The lowest BCUT2D eigenvalue weighted by atomic mass is 10.2. The summed E-state index contributed by atoms with van der Waals surface area (Å²) in [5.74, 6) is -0.838. The van der Waals surface area contributed by atoms with Gasteiger partial charge in [-0.1, -0.05) is 31.2 Å². The second-order valence-corrected chi connectivity index (χ2v) is 4.35. The Hall–Kier alpha value is -2.43. The summed E-state index contributed by atoms with van der Waals surface area (Å²) in [7, 11) is 1.30. The standard InChI is InChI=1S/C15H16N2O3/c1-3-11(15(19)20-2)17-14(18)13-9-8-10-6-4-5-7-12(10)16-13/h4-9,11H,3H2,1-2H3,(H,17,18)/t11-/m0/s1. The lowest BCUT2D eigenvalue weighted by Crippen LogP contribution is -2.41. The van der Waals surface area contributed by atoms with Gasteiger partial charge in [0, 0.05) is 5.39 Å². The number of rotatable bonds is 4. The Morgan fingerprint density at radius 1 is 1.25 bits per heavy atom. The highest BCUT2D eigenvalue weighted by atomic mass is 16.5. The summed E-state index contributed by atoms with van der Waals surface area (Å²) in [6, 6.07) is 10.4. The largest absolute Gasteiger partial charge is 0.467 e. The lowest BCUT2D eigenvalue weighted by molar-refractivity contribution is -0.142. The molecule has 1 aromatic carbocycles. The molecule has 5 heteroatoms. The highest BCUT2D eigenvalue weighted by molar-refractivity contribution is 5.97. The van der Waals surface area contributed by atoms with Gasteiger partial charge in [-0.2, -0.15) is 0 Å². The molecule has 0 spiro atoms. The number of nitrogens with one attached hydrogen (secondary N) is 1. The van der Waals surface area contributed by atoms with Gasteiger partial charge in [-0.05, 0) is 18.6 Å². The van der Waals surface area contributed by atoms with Crippen LogP contribution in [0.5, 0.6) is 0 Å².